The quantitative estimate of drug-likeness (QED) is 0.497. The lowest BCUT2D eigenvalue weighted by Crippen LogP contribution is -2.13. The van der Waals surface area contributed by atoms with Crippen molar-refractivity contribution >= 4 is 11.9 Å². The second kappa shape index (κ2) is 6.35. The molecular formula is C18H18O7. The first-order valence-electron chi connectivity index (χ1n) is 7.37. The van der Waals surface area contributed by atoms with E-state index in [1.54, 1.807) is 0 Å². The predicted molar refractivity (Wildman–Crippen MR) is 88.7 cm³/mol. The number of aromatic carboxylic acids is 1. The molecule has 0 atom stereocenters. The summed E-state index contributed by atoms with van der Waals surface area (Å²) in [6.07, 6.45) is 0. The summed E-state index contributed by atoms with van der Waals surface area (Å²) in [5.74, 6) is -3.24. The van der Waals surface area contributed by atoms with Crippen molar-refractivity contribution in [3.05, 3.63) is 45.5 Å². The third-order valence-corrected chi connectivity index (χ3v) is 4.05. The van der Waals surface area contributed by atoms with E-state index in [-0.39, 0.29) is 39.3 Å². The SMILES string of the molecule is Cc1cc(O)c(C)c(O)c1C(=O)Oc1cc(C)c(C(=O)O)c(O)c1C. The van der Waals surface area contributed by atoms with Crippen molar-refractivity contribution < 1.29 is 34.8 Å². The third kappa shape index (κ3) is 3.08. The Labute approximate surface area is 143 Å². The molecule has 0 heterocycles. The lowest BCUT2D eigenvalue weighted by atomic mass is 10.0. The van der Waals surface area contributed by atoms with Crippen LogP contribution in [0.4, 0.5) is 0 Å². The first-order chi connectivity index (χ1) is 11.6. The van der Waals surface area contributed by atoms with Crippen molar-refractivity contribution in [3.63, 3.8) is 0 Å². The van der Waals surface area contributed by atoms with E-state index in [9.17, 15) is 24.9 Å². The fourth-order valence-electron chi connectivity index (χ4n) is 2.53. The Kier molecular flexibility index (Phi) is 4.60. The molecule has 25 heavy (non-hydrogen) atoms. The van der Waals surface area contributed by atoms with E-state index in [1.165, 1.54) is 39.8 Å². The highest BCUT2D eigenvalue weighted by atomic mass is 16.5. The summed E-state index contributed by atoms with van der Waals surface area (Å²) < 4.78 is 5.25. The van der Waals surface area contributed by atoms with Crippen LogP contribution in [-0.4, -0.2) is 32.4 Å². The van der Waals surface area contributed by atoms with Gasteiger partial charge in [0.05, 0.1) is 0 Å². The first-order valence-corrected chi connectivity index (χ1v) is 7.37. The van der Waals surface area contributed by atoms with Gasteiger partial charge in [-0.2, -0.15) is 0 Å². The highest BCUT2D eigenvalue weighted by molar-refractivity contribution is 5.97. The zero-order valence-corrected chi connectivity index (χ0v) is 14.2. The molecule has 132 valence electrons. The number of carboxylic acid groups (broad SMARTS) is 1. The molecule has 4 N–H and O–H groups in total. The largest absolute Gasteiger partial charge is 0.508 e. The molecule has 0 spiro atoms. The molecule has 7 nitrogen and oxygen atoms in total. The van der Waals surface area contributed by atoms with Gasteiger partial charge in [-0.05, 0) is 51.0 Å². The molecule has 0 aliphatic rings. The van der Waals surface area contributed by atoms with Crippen molar-refractivity contribution in [2.75, 3.05) is 0 Å². The van der Waals surface area contributed by atoms with E-state index < -0.39 is 23.4 Å². The van der Waals surface area contributed by atoms with Crippen LogP contribution in [0.15, 0.2) is 12.1 Å². The Balaban J connectivity index is 2.50. The topological polar surface area (TPSA) is 124 Å². The summed E-state index contributed by atoms with van der Waals surface area (Å²) in [5, 5.41) is 39.0. The van der Waals surface area contributed by atoms with Crippen LogP contribution in [0, 0.1) is 27.7 Å². The normalized spacial score (nSPS) is 10.6. The van der Waals surface area contributed by atoms with Crippen LogP contribution in [0.2, 0.25) is 0 Å². The van der Waals surface area contributed by atoms with Crippen molar-refractivity contribution in [2.24, 2.45) is 0 Å². The number of ether oxygens (including phenoxy) is 1. The molecule has 0 aromatic heterocycles. The lowest BCUT2D eigenvalue weighted by Gasteiger charge is -2.15. The minimum atomic E-state index is -1.29. The predicted octanol–water partition coefficient (Wildman–Crippen LogP) is 2.95. The maximum atomic E-state index is 12.5. The van der Waals surface area contributed by atoms with Gasteiger partial charge in [-0.1, -0.05) is 0 Å². The number of hydrogen-bond acceptors (Lipinski definition) is 6. The van der Waals surface area contributed by atoms with E-state index in [0.717, 1.165) is 0 Å². The summed E-state index contributed by atoms with van der Waals surface area (Å²) in [7, 11) is 0. The van der Waals surface area contributed by atoms with Crippen LogP contribution in [-0.2, 0) is 0 Å². The fourth-order valence-corrected chi connectivity index (χ4v) is 2.53. The monoisotopic (exact) mass is 346 g/mol. The zero-order chi connectivity index (χ0) is 19.0. The van der Waals surface area contributed by atoms with Crippen LogP contribution in [0.5, 0.6) is 23.0 Å². The summed E-state index contributed by atoms with van der Waals surface area (Å²) in [4.78, 5) is 23.6. The number of benzene rings is 2. The summed E-state index contributed by atoms with van der Waals surface area (Å²) in [6.45, 7) is 5.86. The molecule has 0 aliphatic carbocycles. The van der Waals surface area contributed by atoms with Gasteiger partial charge in [0.25, 0.3) is 0 Å². The molecule has 0 radical (unpaired) electrons. The number of phenolic OH excluding ortho intramolecular Hbond substituents is 2. The molecule has 0 saturated heterocycles. The standard InChI is InChI=1S/C18H18O7/c1-7-5-11(19)9(3)15(20)14(7)18(24)25-12-6-8(2)13(17(22)23)16(21)10(12)4/h5-6,19-21H,1-4H3,(H,22,23). The van der Waals surface area contributed by atoms with Gasteiger partial charge < -0.3 is 25.2 Å². The molecule has 0 bridgehead atoms. The molecule has 0 saturated carbocycles. The molecule has 0 amide bonds. The van der Waals surface area contributed by atoms with E-state index in [1.807, 2.05) is 0 Å². The summed E-state index contributed by atoms with van der Waals surface area (Å²) in [6, 6.07) is 2.66. The number of esters is 1. The number of phenols is 3. The maximum absolute atomic E-state index is 12.5. The van der Waals surface area contributed by atoms with Crippen molar-refractivity contribution in [3.8, 4) is 23.0 Å². The zero-order valence-electron chi connectivity index (χ0n) is 14.2. The second-order valence-corrected chi connectivity index (χ2v) is 5.80. The van der Waals surface area contributed by atoms with Gasteiger partial charge in [-0.15, -0.1) is 0 Å². The lowest BCUT2D eigenvalue weighted by molar-refractivity contribution is 0.0692. The molecule has 2 aromatic carbocycles. The fraction of sp³-hybridized carbons (Fsp3) is 0.222. The van der Waals surface area contributed by atoms with E-state index >= 15 is 0 Å². The van der Waals surface area contributed by atoms with Crippen LogP contribution in [0.25, 0.3) is 0 Å². The average Bonchev–Trinajstić information content (AvgIpc) is 2.49. The van der Waals surface area contributed by atoms with Crippen molar-refractivity contribution in [1.29, 1.82) is 0 Å². The number of carbonyl (C=O) groups is 2. The van der Waals surface area contributed by atoms with Crippen molar-refractivity contribution in [2.45, 2.75) is 27.7 Å². The van der Waals surface area contributed by atoms with E-state index in [0.29, 0.717) is 5.56 Å². The van der Waals surface area contributed by atoms with Gasteiger partial charge in [0.15, 0.2) is 0 Å². The van der Waals surface area contributed by atoms with Crippen LogP contribution < -0.4 is 4.74 Å². The number of carbonyl (C=O) groups excluding carboxylic acids is 1. The Morgan fingerprint density at radius 1 is 0.840 bits per heavy atom. The van der Waals surface area contributed by atoms with Gasteiger partial charge in [-0.25, -0.2) is 9.59 Å². The third-order valence-electron chi connectivity index (χ3n) is 4.05. The molecule has 0 unspecified atom stereocenters. The molecular weight excluding hydrogens is 328 g/mol. The van der Waals surface area contributed by atoms with Crippen LogP contribution in [0.3, 0.4) is 0 Å². The summed E-state index contributed by atoms with van der Waals surface area (Å²) >= 11 is 0. The first kappa shape index (κ1) is 18.1. The molecule has 7 heteroatoms. The number of carboxylic acids is 1. The van der Waals surface area contributed by atoms with Gasteiger partial charge >= 0.3 is 11.9 Å². The van der Waals surface area contributed by atoms with Gasteiger partial charge in [0.2, 0.25) is 0 Å². The van der Waals surface area contributed by atoms with Crippen molar-refractivity contribution in [1.82, 2.24) is 0 Å². The number of aryl methyl sites for hydroxylation is 2. The average molecular weight is 346 g/mol. The maximum Gasteiger partial charge on any atom is 0.347 e. The number of hydrogen-bond donors (Lipinski definition) is 4. The minimum absolute atomic E-state index is 0.0190. The van der Waals surface area contributed by atoms with Gasteiger partial charge in [0.1, 0.15) is 34.1 Å². The Morgan fingerprint density at radius 3 is 1.92 bits per heavy atom. The highest BCUT2D eigenvalue weighted by Crippen LogP contribution is 2.36. The highest BCUT2D eigenvalue weighted by Gasteiger charge is 2.24. The van der Waals surface area contributed by atoms with Gasteiger partial charge in [0, 0.05) is 11.1 Å². The summed E-state index contributed by atoms with van der Waals surface area (Å²) in [5.41, 5.74) is 0.372. The second-order valence-electron chi connectivity index (χ2n) is 5.80. The van der Waals surface area contributed by atoms with Crippen LogP contribution >= 0.6 is 0 Å². The van der Waals surface area contributed by atoms with E-state index in [2.05, 4.69) is 0 Å². The number of aromatic hydroxyl groups is 3. The molecule has 0 aliphatic heterocycles. The Hall–Kier alpha value is -3.22. The molecule has 0 fully saturated rings. The smallest absolute Gasteiger partial charge is 0.347 e. The number of rotatable bonds is 3. The Morgan fingerprint density at radius 2 is 1.36 bits per heavy atom. The molecule has 2 aromatic rings. The van der Waals surface area contributed by atoms with Crippen LogP contribution in [0.1, 0.15) is 43.0 Å². The van der Waals surface area contributed by atoms with E-state index in [4.69, 9.17) is 9.84 Å². The minimum Gasteiger partial charge on any atom is -0.508 e. The molecule has 2 rings (SSSR count). The van der Waals surface area contributed by atoms with Gasteiger partial charge in [-0.3, -0.25) is 0 Å². The Bertz CT molecular complexity index is 897.